The number of halogens is 1. The topological polar surface area (TPSA) is 32.7 Å². The number of ether oxygens (including phenoxy) is 1. The number of likely N-dealkylation sites (tertiary alicyclic amines) is 1. The van der Waals surface area contributed by atoms with Gasteiger partial charge in [0.1, 0.15) is 11.9 Å². The Hall–Kier alpha value is -0.770. The van der Waals surface area contributed by atoms with Crippen LogP contribution in [0.25, 0.3) is 0 Å². The van der Waals surface area contributed by atoms with Crippen molar-refractivity contribution in [1.29, 1.82) is 0 Å². The molecular weight excluding hydrogens is 274 g/mol. The molecule has 0 aromatic heterocycles. The minimum absolute atomic E-state index is 0.335. The summed E-state index contributed by atoms with van der Waals surface area (Å²) < 4.78 is 5.37. The van der Waals surface area contributed by atoms with Crippen molar-refractivity contribution in [2.45, 2.75) is 44.8 Å². The number of piperidine rings is 1. The van der Waals surface area contributed by atoms with Crippen LogP contribution in [0.15, 0.2) is 18.2 Å². The normalized spacial score (nSPS) is 18.9. The minimum atomic E-state index is -0.630. The Labute approximate surface area is 126 Å². The van der Waals surface area contributed by atoms with Crippen molar-refractivity contribution in [2.75, 3.05) is 20.2 Å². The van der Waals surface area contributed by atoms with E-state index < -0.39 is 6.10 Å². The second-order valence-corrected chi connectivity index (χ2v) is 6.43. The second-order valence-electron chi connectivity index (χ2n) is 5.99. The van der Waals surface area contributed by atoms with Crippen molar-refractivity contribution in [3.05, 3.63) is 28.8 Å². The van der Waals surface area contributed by atoms with Crippen molar-refractivity contribution in [2.24, 2.45) is 0 Å². The number of hydrogen-bond acceptors (Lipinski definition) is 3. The molecular formula is C16H24ClNO2. The summed E-state index contributed by atoms with van der Waals surface area (Å²) in [5.41, 5.74) is 0.425. The lowest BCUT2D eigenvalue weighted by molar-refractivity contribution is -0.0218. The number of rotatable bonds is 4. The summed E-state index contributed by atoms with van der Waals surface area (Å²) in [6, 6.07) is 5.40. The Kier molecular flexibility index (Phi) is 4.95. The van der Waals surface area contributed by atoms with Crippen LogP contribution < -0.4 is 4.74 Å². The van der Waals surface area contributed by atoms with Gasteiger partial charge in [-0.15, -0.1) is 0 Å². The molecule has 1 saturated heterocycles. The molecule has 0 bridgehead atoms. The summed E-state index contributed by atoms with van der Waals surface area (Å²) >= 11 is 6.07. The molecule has 1 aliphatic heterocycles. The fourth-order valence-electron chi connectivity index (χ4n) is 2.94. The van der Waals surface area contributed by atoms with Gasteiger partial charge in [0.2, 0.25) is 0 Å². The van der Waals surface area contributed by atoms with E-state index in [4.69, 9.17) is 16.3 Å². The Balaban J connectivity index is 2.28. The summed E-state index contributed by atoms with van der Waals surface area (Å²) in [7, 11) is 1.62. The lowest BCUT2D eigenvalue weighted by Gasteiger charge is -2.44. The SMILES string of the molecule is COc1ccc(Cl)cc1C(O)C(C)(C)N1CCCCC1. The molecule has 1 aromatic carbocycles. The van der Waals surface area contributed by atoms with Crippen LogP contribution in [-0.2, 0) is 0 Å². The van der Waals surface area contributed by atoms with Gasteiger partial charge in [0.05, 0.1) is 7.11 Å². The van der Waals surface area contributed by atoms with Gasteiger partial charge in [-0.25, -0.2) is 0 Å². The first-order valence-corrected chi connectivity index (χ1v) is 7.61. The second kappa shape index (κ2) is 6.33. The lowest BCUT2D eigenvalue weighted by Crippen LogP contribution is -2.50. The van der Waals surface area contributed by atoms with E-state index in [1.807, 2.05) is 6.07 Å². The maximum Gasteiger partial charge on any atom is 0.124 e. The highest BCUT2D eigenvalue weighted by molar-refractivity contribution is 6.30. The quantitative estimate of drug-likeness (QED) is 0.921. The van der Waals surface area contributed by atoms with E-state index in [0.29, 0.717) is 10.8 Å². The third-order valence-electron chi connectivity index (χ3n) is 4.33. The Morgan fingerprint density at radius 2 is 1.90 bits per heavy atom. The van der Waals surface area contributed by atoms with Gasteiger partial charge in [0.15, 0.2) is 0 Å². The van der Waals surface area contributed by atoms with Crippen molar-refractivity contribution in [3.8, 4) is 5.75 Å². The molecule has 1 atom stereocenters. The molecule has 20 heavy (non-hydrogen) atoms. The largest absolute Gasteiger partial charge is 0.496 e. The maximum atomic E-state index is 10.9. The van der Waals surface area contributed by atoms with Gasteiger partial charge >= 0.3 is 0 Å². The Morgan fingerprint density at radius 3 is 2.50 bits per heavy atom. The highest BCUT2D eigenvalue weighted by atomic mass is 35.5. The smallest absolute Gasteiger partial charge is 0.124 e. The van der Waals surface area contributed by atoms with E-state index in [2.05, 4.69) is 18.7 Å². The van der Waals surface area contributed by atoms with E-state index >= 15 is 0 Å². The van der Waals surface area contributed by atoms with Crippen LogP contribution in [0.5, 0.6) is 5.75 Å². The molecule has 2 rings (SSSR count). The average Bonchev–Trinajstić information content (AvgIpc) is 2.47. The predicted octanol–water partition coefficient (Wildman–Crippen LogP) is 3.65. The first-order chi connectivity index (χ1) is 9.46. The predicted molar refractivity (Wildman–Crippen MR) is 82.5 cm³/mol. The lowest BCUT2D eigenvalue weighted by atomic mass is 9.87. The summed E-state index contributed by atoms with van der Waals surface area (Å²) in [6.07, 6.45) is 3.05. The zero-order valence-corrected chi connectivity index (χ0v) is 13.3. The van der Waals surface area contributed by atoms with Gasteiger partial charge in [0, 0.05) is 16.1 Å². The van der Waals surface area contributed by atoms with Crippen LogP contribution in [0.4, 0.5) is 0 Å². The van der Waals surface area contributed by atoms with Crippen molar-refractivity contribution in [1.82, 2.24) is 4.90 Å². The van der Waals surface area contributed by atoms with Crippen molar-refractivity contribution in [3.63, 3.8) is 0 Å². The first-order valence-electron chi connectivity index (χ1n) is 7.23. The fraction of sp³-hybridized carbons (Fsp3) is 0.625. The molecule has 0 spiro atoms. The number of hydrogen-bond donors (Lipinski definition) is 1. The van der Waals surface area contributed by atoms with Gasteiger partial charge in [-0.05, 0) is 58.0 Å². The number of aliphatic hydroxyl groups excluding tert-OH is 1. The molecule has 1 fully saturated rings. The maximum absolute atomic E-state index is 10.9. The van der Waals surface area contributed by atoms with E-state index in [1.54, 1.807) is 19.2 Å². The van der Waals surface area contributed by atoms with Crippen LogP contribution in [0, 0.1) is 0 Å². The number of benzene rings is 1. The molecule has 112 valence electrons. The van der Waals surface area contributed by atoms with E-state index in [9.17, 15) is 5.11 Å². The molecule has 1 N–H and O–H groups in total. The first kappa shape index (κ1) is 15.6. The summed E-state index contributed by atoms with van der Waals surface area (Å²) in [5, 5.41) is 11.5. The molecule has 0 amide bonds. The molecule has 4 heteroatoms. The van der Waals surface area contributed by atoms with E-state index in [1.165, 1.54) is 19.3 Å². The van der Waals surface area contributed by atoms with Crippen LogP contribution in [0.2, 0.25) is 5.02 Å². The van der Waals surface area contributed by atoms with Crippen LogP contribution in [0.3, 0.4) is 0 Å². The Bertz CT molecular complexity index is 456. The standard InChI is InChI=1S/C16H24ClNO2/c1-16(2,18-9-5-4-6-10-18)15(19)13-11-12(17)7-8-14(13)20-3/h7-8,11,15,19H,4-6,9-10H2,1-3H3. The van der Waals surface area contributed by atoms with E-state index in [0.717, 1.165) is 18.7 Å². The number of aliphatic hydroxyl groups is 1. The molecule has 1 aliphatic rings. The Morgan fingerprint density at radius 1 is 1.25 bits per heavy atom. The third kappa shape index (κ3) is 3.11. The molecule has 0 saturated carbocycles. The number of methoxy groups -OCH3 is 1. The molecule has 3 nitrogen and oxygen atoms in total. The average molecular weight is 298 g/mol. The van der Waals surface area contributed by atoms with E-state index in [-0.39, 0.29) is 5.54 Å². The number of nitrogens with zero attached hydrogens (tertiary/aromatic N) is 1. The van der Waals surface area contributed by atoms with Crippen molar-refractivity contribution >= 4 is 11.6 Å². The zero-order chi connectivity index (χ0) is 14.8. The molecule has 1 aromatic rings. The summed E-state index contributed by atoms with van der Waals surface area (Å²) in [4.78, 5) is 2.36. The zero-order valence-electron chi connectivity index (χ0n) is 12.5. The highest BCUT2D eigenvalue weighted by Crippen LogP contribution is 2.38. The molecule has 0 aliphatic carbocycles. The highest BCUT2D eigenvalue weighted by Gasteiger charge is 2.37. The van der Waals surface area contributed by atoms with Gasteiger partial charge < -0.3 is 9.84 Å². The third-order valence-corrected chi connectivity index (χ3v) is 4.56. The summed E-state index contributed by atoms with van der Waals surface area (Å²) in [5.74, 6) is 0.687. The van der Waals surface area contributed by atoms with Gasteiger partial charge in [-0.2, -0.15) is 0 Å². The van der Waals surface area contributed by atoms with Crippen LogP contribution >= 0.6 is 11.6 Å². The fourth-order valence-corrected chi connectivity index (χ4v) is 3.12. The molecule has 1 unspecified atom stereocenters. The molecule has 0 radical (unpaired) electrons. The summed E-state index contributed by atoms with van der Waals surface area (Å²) in [6.45, 7) is 6.24. The van der Waals surface area contributed by atoms with Gasteiger partial charge in [0.25, 0.3) is 0 Å². The van der Waals surface area contributed by atoms with Crippen LogP contribution in [0.1, 0.15) is 44.8 Å². The monoisotopic (exact) mass is 297 g/mol. The van der Waals surface area contributed by atoms with Crippen molar-refractivity contribution < 1.29 is 9.84 Å². The molecule has 1 heterocycles. The van der Waals surface area contributed by atoms with Gasteiger partial charge in [-0.1, -0.05) is 18.0 Å². The van der Waals surface area contributed by atoms with Gasteiger partial charge in [-0.3, -0.25) is 4.90 Å². The van der Waals surface area contributed by atoms with Crippen LogP contribution in [-0.4, -0.2) is 35.7 Å². The minimum Gasteiger partial charge on any atom is -0.496 e.